The summed E-state index contributed by atoms with van der Waals surface area (Å²) in [5, 5.41) is 6.92. The maximum absolute atomic E-state index is 13.8. The second-order valence-corrected chi connectivity index (χ2v) is 19.8. The van der Waals surface area contributed by atoms with Gasteiger partial charge >= 0.3 is 18.2 Å². The van der Waals surface area contributed by atoms with E-state index in [1.165, 1.54) is 38.5 Å². The van der Waals surface area contributed by atoms with Crippen molar-refractivity contribution in [3.63, 3.8) is 0 Å². The molecular weight excluding hydrogens is 992 g/mol. The monoisotopic (exact) mass is 1060 g/mol. The molecule has 0 aliphatic carbocycles. The van der Waals surface area contributed by atoms with Crippen LogP contribution >= 0.6 is 23.2 Å². The summed E-state index contributed by atoms with van der Waals surface area (Å²) in [4.78, 5) is 78.7. The van der Waals surface area contributed by atoms with Gasteiger partial charge in [-0.2, -0.15) is 0 Å². The number of hydrogen-bond acceptors (Lipinski definition) is 13. The smallest absolute Gasteiger partial charge is 0.496 e. The van der Waals surface area contributed by atoms with Crippen molar-refractivity contribution in [2.45, 2.75) is 50.6 Å². The average Bonchev–Trinajstić information content (AvgIpc) is 3.96. The first-order valence-corrected chi connectivity index (χ1v) is 25.9. The summed E-state index contributed by atoms with van der Waals surface area (Å²) in [7, 11) is 2.93. The summed E-state index contributed by atoms with van der Waals surface area (Å²) >= 11 is 12.7. The lowest BCUT2D eigenvalue weighted by atomic mass is 9.85. The average molecular weight is 1060 g/mol. The molecule has 21 heteroatoms. The Hall–Kier alpha value is -6.67. The summed E-state index contributed by atoms with van der Waals surface area (Å²) < 4.78 is 22.3. The number of piperidine rings is 2. The quantitative estimate of drug-likeness (QED) is 0.0480. The van der Waals surface area contributed by atoms with Gasteiger partial charge in [0, 0.05) is 128 Å². The topological polar surface area (TPSA) is 218 Å². The van der Waals surface area contributed by atoms with E-state index in [0.717, 1.165) is 11.1 Å². The van der Waals surface area contributed by atoms with Gasteiger partial charge in [0.25, 0.3) is 11.8 Å². The van der Waals surface area contributed by atoms with Crippen LogP contribution in [0, 0.1) is 0 Å². The van der Waals surface area contributed by atoms with Gasteiger partial charge in [-0.15, -0.1) is 0 Å². The number of nitrogen functional groups attached to an aromatic ring is 2. The number of nitrogens with zero attached hydrogens (tertiary/aromatic N) is 6. The first-order chi connectivity index (χ1) is 35.7. The minimum atomic E-state index is -0.933. The van der Waals surface area contributed by atoms with Gasteiger partial charge in [0.2, 0.25) is 0 Å². The summed E-state index contributed by atoms with van der Waals surface area (Å²) in [5.74, 6) is 0.0811. The Balaban J connectivity index is 0.931. The molecule has 4 aromatic carbocycles. The number of hydrogen-bond donors (Lipinski definition) is 4. The fraction of sp³-hybridized carbons (Fsp3) is 0.453. The van der Waals surface area contributed by atoms with Crippen molar-refractivity contribution in [1.82, 2.24) is 40.0 Å². The molecule has 4 unspecified atom stereocenters. The van der Waals surface area contributed by atoms with Gasteiger partial charge in [0.15, 0.2) is 0 Å². The molecule has 4 atom stereocenters. The number of amides is 6. The van der Waals surface area contributed by atoms with Crippen molar-refractivity contribution >= 4 is 64.6 Å². The molecule has 4 aliphatic rings. The molecule has 396 valence electrons. The van der Waals surface area contributed by atoms with Gasteiger partial charge in [-0.05, 0) is 74.2 Å². The molecule has 0 radical (unpaired) electrons. The maximum atomic E-state index is 13.8. The summed E-state index contributed by atoms with van der Waals surface area (Å²) in [6, 6.07) is 19.9. The van der Waals surface area contributed by atoms with Crippen molar-refractivity contribution in [2.24, 2.45) is 0 Å². The second-order valence-electron chi connectivity index (χ2n) is 19.0. The summed E-state index contributed by atoms with van der Waals surface area (Å²) in [6.45, 7) is 13.2. The third-order valence-corrected chi connectivity index (χ3v) is 15.3. The Labute approximate surface area is 441 Å². The van der Waals surface area contributed by atoms with E-state index in [-0.39, 0.29) is 80.5 Å². The van der Waals surface area contributed by atoms with Gasteiger partial charge in [-0.3, -0.25) is 9.59 Å². The highest BCUT2D eigenvalue weighted by Gasteiger charge is 2.36. The van der Waals surface area contributed by atoms with Crippen LogP contribution in [0.4, 0.5) is 25.8 Å². The number of ether oxygens (including phenoxy) is 4. The van der Waals surface area contributed by atoms with Crippen LogP contribution in [0.1, 0.15) is 70.4 Å². The number of nitrogens with two attached hydrogens (primary N) is 2. The van der Waals surface area contributed by atoms with Crippen LogP contribution in [-0.4, -0.2) is 177 Å². The van der Waals surface area contributed by atoms with Gasteiger partial charge in [-0.1, -0.05) is 47.5 Å². The van der Waals surface area contributed by atoms with Gasteiger partial charge in [-0.25, -0.2) is 14.4 Å². The maximum Gasteiger partial charge on any atom is 0.519 e. The number of likely N-dealkylation sites (N-methyl/N-ethyl adjacent to an activating group) is 2. The summed E-state index contributed by atoms with van der Waals surface area (Å²) in [5.41, 5.74) is 15.0. The number of urea groups is 2. The van der Waals surface area contributed by atoms with Crippen molar-refractivity contribution < 1.29 is 42.9 Å². The van der Waals surface area contributed by atoms with Crippen LogP contribution in [0.5, 0.6) is 23.0 Å². The molecule has 8 rings (SSSR count). The number of methoxy groups -OCH3 is 2. The van der Waals surface area contributed by atoms with Crippen molar-refractivity contribution in [3.8, 4) is 23.0 Å². The lowest BCUT2D eigenvalue weighted by Gasteiger charge is -2.40. The van der Waals surface area contributed by atoms with E-state index in [0.29, 0.717) is 127 Å². The van der Waals surface area contributed by atoms with E-state index in [4.69, 9.17) is 53.6 Å². The molecule has 0 bridgehead atoms. The van der Waals surface area contributed by atoms with E-state index >= 15 is 0 Å². The normalized spacial score (nSPS) is 20.5. The van der Waals surface area contributed by atoms with Gasteiger partial charge in [0.05, 0.1) is 46.8 Å². The first-order valence-electron chi connectivity index (χ1n) is 25.2. The zero-order chi connectivity index (χ0) is 52.6. The molecule has 6 amide bonds. The Morgan fingerprint density at radius 2 is 0.946 bits per heavy atom. The number of carbonyl (C=O) groups is 5. The number of halogens is 2. The highest BCUT2D eigenvalue weighted by atomic mass is 35.5. The number of likely N-dealkylation sites (tertiary alicyclic amines) is 2. The molecule has 4 heterocycles. The van der Waals surface area contributed by atoms with Gasteiger partial charge < -0.3 is 70.4 Å². The van der Waals surface area contributed by atoms with E-state index < -0.39 is 6.16 Å². The SMILES string of the molecule is CCN1CCN(CCN2CCC(NC(=O)c3cc(Cl)c(N)cc3OC)C(c3ccc(OC(=O)Oc4ccc(C5CN(CCN6CCN(CC)C6=O)CCC5NC(=O)c5cc(Cl)c(N)cc5OC)cc4)cc3)C2)C1=O. The van der Waals surface area contributed by atoms with Gasteiger partial charge in [0.1, 0.15) is 23.0 Å². The van der Waals surface area contributed by atoms with Crippen LogP contribution in [0.25, 0.3) is 0 Å². The lowest BCUT2D eigenvalue weighted by molar-refractivity contribution is 0.0880. The highest BCUT2D eigenvalue weighted by molar-refractivity contribution is 6.34. The van der Waals surface area contributed by atoms with E-state index in [1.54, 1.807) is 24.3 Å². The molecule has 6 N–H and O–H groups in total. The third-order valence-electron chi connectivity index (χ3n) is 14.7. The molecular formula is C53H66Cl2N10O9. The molecule has 74 heavy (non-hydrogen) atoms. The van der Waals surface area contributed by atoms with Crippen LogP contribution in [0.3, 0.4) is 0 Å². The van der Waals surface area contributed by atoms with E-state index in [2.05, 4.69) is 20.4 Å². The van der Waals surface area contributed by atoms with E-state index in [9.17, 15) is 24.0 Å². The number of anilines is 2. The minimum absolute atomic E-state index is 0.0493. The largest absolute Gasteiger partial charge is 0.519 e. The Bertz CT molecular complexity index is 2500. The second kappa shape index (κ2) is 24.1. The summed E-state index contributed by atoms with van der Waals surface area (Å²) in [6.07, 6.45) is 0.319. The predicted octanol–water partition coefficient (Wildman–Crippen LogP) is 6.44. The van der Waals surface area contributed by atoms with Crippen molar-refractivity contribution in [1.29, 1.82) is 0 Å². The molecule has 0 spiro atoms. The van der Waals surface area contributed by atoms with Crippen LogP contribution in [0.15, 0.2) is 72.8 Å². The first kappa shape index (κ1) is 53.6. The molecule has 4 fully saturated rings. The highest BCUT2D eigenvalue weighted by Crippen LogP contribution is 2.35. The number of rotatable bonds is 18. The predicted molar refractivity (Wildman–Crippen MR) is 283 cm³/mol. The zero-order valence-corrected chi connectivity index (χ0v) is 43.8. The number of nitrogens with one attached hydrogen (secondary N) is 2. The van der Waals surface area contributed by atoms with Crippen molar-refractivity contribution in [3.05, 3.63) is 105 Å². The minimum Gasteiger partial charge on any atom is -0.496 e. The standard InChI is InChI=1S/C53H66Cl2N10O9/c1-5-62-23-25-64(51(62)68)21-19-60-17-15-45(58-49(66)37-27-41(54)43(56)29-47(37)71-3)39(31-60)33-7-11-35(12-8-33)73-53(70)74-36-13-9-34(10-14-36)40-32-61(20-22-65-26-24-63(6-2)52(65)69)18-16-46(40)59-50(67)38-28-42(55)44(57)30-48(38)72-4/h7-14,27-30,39-40,45-46H,5-6,15-26,31-32,56-57H2,1-4H3,(H,58,66)(H,59,67). The van der Waals surface area contributed by atoms with Crippen LogP contribution in [-0.2, 0) is 0 Å². The lowest BCUT2D eigenvalue weighted by Crippen LogP contribution is -2.51. The molecule has 0 saturated carbocycles. The Morgan fingerprint density at radius 3 is 1.30 bits per heavy atom. The zero-order valence-electron chi connectivity index (χ0n) is 42.3. The van der Waals surface area contributed by atoms with Crippen LogP contribution in [0.2, 0.25) is 10.0 Å². The number of benzene rings is 4. The molecule has 19 nitrogen and oxygen atoms in total. The fourth-order valence-electron chi connectivity index (χ4n) is 10.4. The molecule has 4 saturated heterocycles. The molecule has 4 aromatic rings. The molecule has 4 aliphatic heterocycles. The van der Waals surface area contributed by atoms with Crippen LogP contribution < -0.4 is 41.0 Å². The fourth-order valence-corrected chi connectivity index (χ4v) is 10.7. The number of carbonyl (C=O) groups excluding carboxylic acids is 5. The Morgan fingerprint density at radius 1 is 0.568 bits per heavy atom. The molecule has 0 aromatic heterocycles. The van der Waals surface area contributed by atoms with Crippen molar-refractivity contribution in [2.75, 3.05) is 117 Å². The third kappa shape index (κ3) is 12.5. The van der Waals surface area contributed by atoms with E-state index in [1.807, 2.05) is 57.7 Å². The Kier molecular flexibility index (Phi) is 17.5.